The highest BCUT2D eigenvalue weighted by molar-refractivity contribution is 6.30. The molecule has 1 heterocycles. The maximum absolute atomic E-state index is 13.7. The number of amides is 1. The Morgan fingerprint density at radius 2 is 1.85 bits per heavy atom. The molecule has 0 spiro atoms. The quantitative estimate of drug-likeness (QED) is 0.679. The van der Waals surface area contributed by atoms with Gasteiger partial charge < -0.3 is 10.1 Å². The molecule has 2 aromatic carbocycles. The molecule has 0 aliphatic rings. The Morgan fingerprint density at radius 1 is 1.04 bits per heavy atom. The molecule has 0 radical (unpaired) electrons. The molecule has 0 fully saturated rings. The normalized spacial score (nSPS) is 10.5. The first-order valence-corrected chi connectivity index (χ1v) is 7.66. The molecular formula is C18H10ClF3N2O2. The van der Waals surface area contributed by atoms with Crippen LogP contribution < -0.4 is 10.1 Å². The van der Waals surface area contributed by atoms with Gasteiger partial charge >= 0.3 is 0 Å². The first-order chi connectivity index (χ1) is 12.4. The molecule has 3 aromatic rings. The summed E-state index contributed by atoms with van der Waals surface area (Å²) >= 11 is 5.69. The molecule has 0 aliphatic heterocycles. The molecule has 1 aromatic heterocycles. The molecule has 26 heavy (non-hydrogen) atoms. The smallest absolute Gasteiger partial charge is 0.261 e. The van der Waals surface area contributed by atoms with E-state index in [0.29, 0.717) is 6.07 Å². The fourth-order valence-electron chi connectivity index (χ4n) is 2.08. The van der Waals surface area contributed by atoms with Crippen LogP contribution in [0.1, 0.15) is 10.4 Å². The van der Waals surface area contributed by atoms with E-state index in [2.05, 4.69) is 10.3 Å². The maximum Gasteiger partial charge on any atom is 0.261 e. The Labute approximate surface area is 151 Å². The minimum Gasteiger partial charge on any atom is -0.438 e. The molecule has 1 N–H and O–H groups in total. The Bertz CT molecular complexity index is 982. The van der Waals surface area contributed by atoms with E-state index in [9.17, 15) is 18.0 Å². The number of ether oxygens (including phenoxy) is 1. The Morgan fingerprint density at radius 3 is 2.58 bits per heavy atom. The number of pyridine rings is 1. The van der Waals surface area contributed by atoms with E-state index in [1.165, 1.54) is 30.5 Å². The third-order valence-electron chi connectivity index (χ3n) is 3.30. The number of halogens is 4. The van der Waals surface area contributed by atoms with Crippen molar-refractivity contribution in [2.24, 2.45) is 0 Å². The lowest BCUT2D eigenvalue weighted by Gasteiger charge is -2.11. The van der Waals surface area contributed by atoms with Crippen molar-refractivity contribution in [2.75, 3.05) is 5.32 Å². The van der Waals surface area contributed by atoms with E-state index >= 15 is 0 Å². The van der Waals surface area contributed by atoms with Crippen LogP contribution in [0.2, 0.25) is 5.02 Å². The lowest BCUT2D eigenvalue weighted by Crippen LogP contribution is -2.14. The number of anilines is 1. The number of rotatable bonds is 4. The van der Waals surface area contributed by atoms with Crippen LogP contribution in [0.5, 0.6) is 11.6 Å². The number of nitrogens with zero attached hydrogens (tertiary/aromatic N) is 1. The second-order valence-electron chi connectivity index (χ2n) is 5.11. The second-order valence-corrected chi connectivity index (χ2v) is 5.52. The van der Waals surface area contributed by atoms with Gasteiger partial charge in [-0.2, -0.15) is 0 Å². The summed E-state index contributed by atoms with van der Waals surface area (Å²) in [6.45, 7) is 0. The van der Waals surface area contributed by atoms with E-state index in [1.807, 2.05) is 0 Å². The monoisotopic (exact) mass is 378 g/mol. The van der Waals surface area contributed by atoms with E-state index in [4.69, 9.17) is 16.3 Å². The van der Waals surface area contributed by atoms with Crippen LogP contribution in [0.15, 0.2) is 54.7 Å². The van der Waals surface area contributed by atoms with Gasteiger partial charge in [0, 0.05) is 18.3 Å². The van der Waals surface area contributed by atoms with Gasteiger partial charge in [-0.1, -0.05) is 11.6 Å². The van der Waals surface area contributed by atoms with Crippen LogP contribution in [0, 0.1) is 17.5 Å². The molecule has 8 heteroatoms. The van der Waals surface area contributed by atoms with Crippen molar-refractivity contribution in [3.63, 3.8) is 0 Å². The van der Waals surface area contributed by atoms with Crippen LogP contribution >= 0.6 is 11.6 Å². The fourth-order valence-corrected chi connectivity index (χ4v) is 2.25. The number of nitrogens with one attached hydrogen (secondary N) is 1. The van der Waals surface area contributed by atoms with Gasteiger partial charge in [-0.15, -0.1) is 0 Å². The van der Waals surface area contributed by atoms with Gasteiger partial charge in [0.1, 0.15) is 28.8 Å². The van der Waals surface area contributed by atoms with Crippen LogP contribution in [0.25, 0.3) is 0 Å². The largest absolute Gasteiger partial charge is 0.438 e. The summed E-state index contributed by atoms with van der Waals surface area (Å²) in [7, 11) is 0. The van der Waals surface area contributed by atoms with Crippen molar-refractivity contribution in [3.05, 3.63) is 82.8 Å². The molecule has 0 saturated carbocycles. The minimum absolute atomic E-state index is 0.00308. The predicted molar refractivity (Wildman–Crippen MR) is 90.0 cm³/mol. The van der Waals surface area contributed by atoms with Crippen molar-refractivity contribution < 1.29 is 22.7 Å². The summed E-state index contributed by atoms with van der Waals surface area (Å²) in [6.07, 6.45) is 1.38. The zero-order chi connectivity index (χ0) is 18.7. The standard InChI is InChI=1S/C18H10ClF3N2O2/c19-13-9-11(4-5-14(13)21)26-18-12(2-1-7-23-18)17(25)24-16-6-3-10(20)8-15(16)22/h1-9H,(H,24,25). The first-order valence-electron chi connectivity index (χ1n) is 7.28. The highest BCUT2D eigenvalue weighted by Gasteiger charge is 2.17. The number of hydrogen-bond acceptors (Lipinski definition) is 3. The third-order valence-corrected chi connectivity index (χ3v) is 3.59. The molecule has 132 valence electrons. The van der Waals surface area contributed by atoms with Crippen molar-refractivity contribution >= 4 is 23.2 Å². The van der Waals surface area contributed by atoms with Crippen molar-refractivity contribution in [2.45, 2.75) is 0 Å². The first kappa shape index (κ1) is 17.8. The van der Waals surface area contributed by atoms with E-state index in [1.54, 1.807) is 0 Å². The summed E-state index contributed by atoms with van der Waals surface area (Å²) in [5, 5.41) is 2.16. The highest BCUT2D eigenvalue weighted by Crippen LogP contribution is 2.27. The molecule has 0 atom stereocenters. The Kier molecular flexibility index (Phi) is 5.09. The van der Waals surface area contributed by atoms with Crippen LogP contribution in [-0.4, -0.2) is 10.9 Å². The van der Waals surface area contributed by atoms with E-state index < -0.39 is 23.4 Å². The molecule has 0 aliphatic carbocycles. The van der Waals surface area contributed by atoms with Crippen molar-refractivity contribution in [1.82, 2.24) is 4.98 Å². The van der Waals surface area contributed by atoms with Crippen LogP contribution in [0.4, 0.5) is 18.9 Å². The predicted octanol–water partition coefficient (Wildman–Crippen LogP) is 5.20. The van der Waals surface area contributed by atoms with Crippen LogP contribution in [-0.2, 0) is 0 Å². The Hall–Kier alpha value is -3.06. The second kappa shape index (κ2) is 7.45. The zero-order valence-electron chi connectivity index (χ0n) is 13.0. The Balaban J connectivity index is 1.86. The number of aromatic nitrogens is 1. The van der Waals surface area contributed by atoms with Crippen LogP contribution in [0.3, 0.4) is 0 Å². The molecule has 1 amide bonds. The molecule has 0 bridgehead atoms. The molecule has 0 unspecified atom stereocenters. The van der Waals surface area contributed by atoms with Gasteiger partial charge in [0.25, 0.3) is 5.91 Å². The SMILES string of the molecule is O=C(Nc1ccc(F)cc1F)c1cccnc1Oc1ccc(F)c(Cl)c1. The van der Waals surface area contributed by atoms with Gasteiger partial charge in [0.15, 0.2) is 0 Å². The fraction of sp³-hybridized carbons (Fsp3) is 0. The molecule has 4 nitrogen and oxygen atoms in total. The lowest BCUT2D eigenvalue weighted by atomic mass is 10.2. The maximum atomic E-state index is 13.7. The van der Waals surface area contributed by atoms with E-state index in [0.717, 1.165) is 18.2 Å². The van der Waals surface area contributed by atoms with Crippen molar-refractivity contribution in [3.8, 4) is 11.6 Å². The van der Waals surface area contributed by atoms with E-state index in [-0.39, 0.29) is 27.9 Å². The lowest BCUT2D eigenvalue weighted by molar-refractivity contribution is 0.102. The third kappa shape index (κ3) is 3.94. The minimum atomic E-state index is -0.921. The average Bonchev–Trinajstić information content (AvgIpc) is 2.61. The summed E-state index contributed by atoms with van der Waals surface area (Å²) in [5.74, 6) is -2.95. The van der Waals surface area contributed by atoms with Gasteiger partial charge in [-0.05, 0) is 36.4 Å². The summed E-state index contributed by atoms with van der Waals surface area (Å²) < 4.78 is 45.4. The zero-order valence-corrected chi connectivity index (χ0v) is 13.7. The summed E-state index contributed by atoms with van der Waals surface area (Å²) in [6, 6.07) is 9.30. The molecule has 3 rings (SSSR count). The van der Waals surface area contributed by atoms with Gasteiger partial charge in [-0.3, -0.25) is 4.79 Å². The molecule has 0 saturated heterocycles. The van der Waals surface area contributed by atoms with Gasteiger partial charge in [-0.25, -0.2) is 18.2 Å². The number of carbonyl (C=O) groups is 1. The highest BCUT2D eigenvalue weighted by atomic mass is 35.5. The van der Waals surface area contributed by atoms with Gasteiger partial charge in [0.2, 0.25) is 5.88 Å². The summed E-state index contributed by atoms with van der Waals surface area (Å²) in [5.41, 5.74) is -0.201. The number of hydrogen-bond donors (Lipinski definition) is 1. The van der Waals surface area contributed by atoms with Gasteiger partial charge in [0.05, 0.1) is 10.7 Å². The summed E-state index contributed by atoms with van der Waals surface area (Å²) in [4.78, 5) is 16.4. The topological polar surface area (TPSA) is 51.2 Å². The number of carbonyl (C=O) groups excluding carboxylic acids is 1. The average molecular weight is 379 g/mol. The molecular weight excluding hydrogens is 369 g/mol. The van der Waals surface area contributed by atoms with Crippen molar-refractivity contribution in [1.29, 1.82) is 0 Å². The number of benzene rings is 2.